The Labute approximate surface area is 110 Å². The van der Waals surface area contributed by atoms with Gasteiger partial charge in [-0.2, -0.15) is 0 Å². The Morgan fingerprint density at radius 1 is 1.44 bits per heavy atom. The Kier molecular flexibility index (Phi) is 3.45. The minimum atomic E-state index is 0.132. The van der Waals surface area contributed by atoms with Crippen molar-refractivity contribution in [1.82, 2.24) is 4.98 Å². The minimum Gasteiger partial charge on any atom is -0.376 e. The topological polar surface area (TPSA) is 43.4 Å². The smallest absolute Gasteiger partial charge is 0.183 e. The highest BCUT2D eigenvalue weighted by atomic mass is 32.1. The van der Waals surface area contributed by atoms with E-state index in [0.29, 0.717) is 19.8 Å². The summed E-state index contributed by atoms with van der Waals surface area (Å²) in [6.07, 6.45) is 0.132. The molecule has 1 unspecified atom stereocenters. The largest absolute Gasteiger partial charge is 0.376 e. The fraction of sp³-hybridized carbons (Fsp3) is 0.462. The van der Waals surface area contributed by atoms with Crippen molar-refractivity contribution < 1.29 is 9.47 Å². The van der Waals surface area contributed by atoms with Gasteiger partial charge in [-0.3, -0.25) is 0 Å². The van der Waals surface area contributed by atoms with E-state index < -0.39 is 0 Å². The van der Waals surface area contributed by atoms with Crippen LogP contribution in [0.5, 0.6) is 0 Å². The highest BCUT2D eigenvalue weighted by Crippen LogP contribution is 2.26. The zero-order valence-electron chi connectivity index (χ0n) is 10.3. The van der Waals surface area contributed by atoms with Crippen molar-refractivity contribution in [2.24, 2.45) is 0 Å². The fourth-order valence-electron chi connectivity index (χ4n) is 1.97. The normalized spacial score (nSPS) is 20.2. The van der Waals surface area contributed by atoms with Gasteiger partial charge in [0.05, 0.1) is 36.1 Å². The average Bonchev–Trinajstić information content (AvgIpc) is 2.79. The van der Waals surface area contributed by atoms with E-state index in [2.05, 4.69) is 35.4 Å². The van der Waals surface area contributed by atoms with Crippen molar-refractivity contribution in [3.8, 4) is 0 Å². The summed E-state index contributed by atoms with van der Waals surface area (Å²) in [6.45, 7) is 4.89. The summed E-state index contributed by atoms with van der Waals surface area (Å²) in [5.41, 5.74) is 2.30. The molecule has 0 saturated carbocycles. The molecule has 0 spiro atoms. The van der Waals surface area contributed by atoms with Crippen LogP contribution in [0, 0.1) is 6.92 Å². The first kappa shape index (κ1) is 11.9. The van der Waals surface area contributed by atoms with E-state index in [0.717, 1.165) is 17.2 Å². The van der Waals surface area contributed by atoms with Crippen molar-refractivity contribution in [2.75, 3.05) is 31.7 Å². The molecule has 0 aliphatic carbocycles. The van der Waals surface area contributed by atoms with Crippen LogP contribution >= 0.6 is 11.3 Å². The number of aryl methyl sites for hydroxylation is 1. The zero-order valence-corrected chi connectivity index (χ0v) is 11.1. The minimum absolute atomic E-state index is 0.132. The first-order valence-electron chi connectivity index (χ1n) is 6.12. The van der Waals surface area contributed by atoms with Crippen LogP contribution in [0.2, 0.25) is 0 Å². The number of aromatic nitrogens is 1. The van der Waals surface area contributed by atoms with Gasteiger partial charge in [-0.05, 0) is 24.6 Å². The summed E-state index contributed by atoms with van der Waals surface area (Å²) in [4.78, 5) is 4.57. The molecule has 1 aromatic carbocycles. The van der Waals surface area contributed by atoms with E-state index in [1.165, 1.54) is 10.3 Å². The lowest BCUT2D eigenvalue weighted by Crippen LogP contribution is -2.34. The van der Waals surface area contributed by atoms with E-state index in [9.17, 15) is 0 Å². The number of thiazole rings is 1. The molecule has 0 bridgehead atoms. The summed E-state index contributed by atoms with van der Waals surface area (Å²) in [5.74, 6) is 0. The Bertz CT molecular complexity index is 535. The Balaban J connectivity index is 1.67. The molecule has 1 fully saturated rings. The molecule has 3 rings (SSSR count). The lowest BCUT2D eigenvalue weighted by atomic mass is 10.2. The molecule has 1 aliphatic rings. The number of hydrogen-bond donors (Lipinski definition) is 1. The van der Waals surface area contributed by atoms with E-state index in [-0.39, 0.29) is 6.10 Å². The zero-order chi connectivity index (χ0) is 12.4. The van der Waals surface area contributed by atoms with Gasteiger partial charge in [-0.25, -0.2) is 4.98 Å². The molecule has 1 atom stereocenters. The van der Waals surface area contributed by atoms with E-state index in [1.807, 2.05) is 0 Å². The van der Waals surface area contributed by atoms with Crippen molar-refractivity contribution in [1.29, 1.82) is 0 Å². The van der Waals surface area contributed by atoms with Crippen LogP contribution in [0.25, 0.3) is 10.2 Å². The monoisotopic (exact) mass is 264 g/mol. The number of ether oxygens (including phenoxy) is 2. The fourth-order valence-corrected chi connectivity index (χ4v) is 2.82. The maximum absolute atomic E-state index is 5.58. The highest BCUT2D eigenvalue weighted by molar-refractivity contribution is 7.22. The van der Waals surface area contributed by atoms with Crippen LogP contribution < -0.4 is 5.32 Å². The van der Waals surface area contributed by atoms with Gasteiger partial charge in [0.2, 0.25) is 0 Å². The summed E-state index contributed by atoms with van der Waals surface area (Å²) >= 11 is 1.68. The van der Waals surface area contributed by atoms with Gasteiger partial charge >= 0.3 is 0 Å². The SMILES string of the molecule is Cc1ccc2sc(NCC3COCCO3)nc2c1. The molecule has 96 valence electrons. The van der Waals surface area contributed by atoms with Gasteiger partial charge in [-0.15, -0.1) is 0 Å². The van der Waals surface area contributed by atoms with Crippen LogP contribution in [0.15, 0.2) is 18.2 Å². The first-order valence-corrected chi connectivity index (χ1v) is 6.93. The van der Waals surface area contributed by atoms with Gasteiger partial charge < -0.3 is 14.8 Å². The number of fused-ring (bicyclic) bond motifs is 1. The Hall–Kier alpha value is -1.17. The van der Waals surface area contributed by atoms with Gasteiger partial charge in [0.15, 0.2) is 5.13 Å². The molecule has 4 nitrogen and oxygen atoms in total. The molecular weight excluding hydrogens is 248 g/mol. The maximum Gasteiger partial charge on any atom is 0.183 e. The second-order valence-corrected chi connectivity index (χ2v) is 5.47. The van der Waals surface area contributed by atoms with Crippen LogP contribution in [0.3, 0.4) is 0 Å². The second-order valence-electron chi connectivity index (χ2n) is 4.44. The van der Waals surface area contributed by atoms with Gasteiger partial charge in [-0.1, -0.05) is 17.4 Å². The Morgan fingerprint density at radius 3 is 3.22 bits per heavy atom. The van der Waals surface area contributed by atoms with Crippen LogP contribution in [0.1, 0.15) is 5.56 Å². The van der Waals surface area contributed by atoms with Crippen molar-refractivity contribution in [2.45, 2.75) is 13.0 Å². The predicted octanol–water partition coefficient (Wildman–Crippen LogP) is 2.43. The molecule has 1 aliphatic heterocycles. The number of nitrogens with zero attached hydrogens (tertiary/aromatic N) is 1. The highest BCUT2D eigenvalue weighted by Gasteiger charge is 2.14. The Morgan fingerprint density at radius 2 is 2.39 bits per heavy atom. The third kappa shape index (κ3) is 2.63. The predicted molar refractivity (Wildman–Crippen MR) is 73.4 cm³/mol. The number of hydrogen-bond acceptors (Lipinski definition) is 5. The summed E-state index contributed by atoms with van der Waals surface area (Å²) in [5, 5.41) is 4.27. The van der Waals surface area contributed by atoms with Crippen LogP contribution in [0.4, 0.5) is 5.13 Å². The van der Waals surface area contributed by atoms with Crippen LogP contribution in [-0.2, 0) is 9.47 Å². The quantitative estimate of drug-likeness (QED) is 0.924. The first-order chi connectivity index (χ1) is 8.81. The average molecular weight is 264 g/mol. The third-order valence-electron chi connectivity index (χ3n) is 2.91. The molecule has 1 N–H and O–H groups in total. The molecule has 2 heterocycles. The van der Waals surface area contributed by atoms with Crippen molar-refractivity contribution >= 4 is 26.7 Å². The molecular formula is C13H16N2O2S. The third-order valence-corrected chi connectivity index (χ3v) is 3.90. The lowest BCUT2D eigenvalue weighted by molar-refractivity contribution is -0.0818. The molecule has 1 saturated heterocycles. The molecule has 2 aromatic rings. The second kappa shape index (κ2) is 5.22. The van der Waals surface area contributed by atoms with Crippen molar-refractivity contribution in [3.05, 3.63) is 23.8 Å². The van der Waals surface area contributed by atoms with Gasteiger partial charge in [0.1, 0.15) is 0 Å². The molecule has 0 radical (unpaired) electrons. The molecule has 0 amide bonds. The summed E-state index contributed by atoms with van der Waals surface area (Å²) < 4.78 is 12.2. The lowest BCUT2D eigenvalue weighted by Gasteiger charge is -2.22. The van der Waals surface area contributed by atoms with Gasteiger partial charge in [0.25, 0.3) is 0 Å². The van der Waals surface area contributed by atoms with Crippen molar-refractivity contribution in [3.63, 3.8) is 0 Å². The molecule has 18 heavy (non-hydrogen) atoms. The van der Waals surface area contributed by atoms with E-state index in [1.54, 1.807) is 11.3 Å². The number of anilines is 1. The summed E-state index contributed by atoms with van der Waals surface area (Å²) in [6, 6.07) is 6.34. The molecule has 1 aromatic heterocycles. The van der Waals surface area contributed by atoms with E-state index in [4.69, 9.17) is 9.47 Å². The maximum atomic E-state index is 5.58. The summed E-state index contributed by atoms with van der Waals surface area (Å²) in [7, 11) is 0. The number of benzene rings is 1. The van der Waals surface area contributed by atoms with Gasteiger partial charge in [0, 0.05) is 6.54 Å². The van der Waals surface area contributed by atoms with E-state index >= 15 is 0 Å². The standard InChI is InChI=1S/C13H16N2O2S/c1-9-2-3-12-11(6-9)15-13(18-12)14-7-10-8-16-4-5-17-10/h2-3,6,10H,4-5,7-8H2,1H3,(H,14,15). The molecule has 5 heteroatoms. The number of rotatable bonds is 3. The van der Waals surface area contributed by atoms with Crippen LogP contribution in [-0.4, -0.2) is 37.5 Å². The number of nitrogens with one attached hydrogen (secondary N) is 1.